The molecule has 1 amide bonds. The molecule has 1 N–H and O–H groups in total. The minimum atomic E-state index is -0.198. The zero-order chi connectivity index (χ0) is 22.8. The van der Waals surface area contributed by atoms with Crippen molar-refractivity contribution >= 4 is 5.91 Å². The van der Waals surface area contributed by atoms with E-state index < -0.39 is 0 Å². The van der Waals surface area contributed by atoms with Crippen LogP contribution in [0.2, 0.25) is 0 Å². The Morgan fingerprint density at radius 3 is 2.50 bits per heavy atom. The number of para-hydroxylation sites is 1. The molecule has 0 saturated heterocycles. The first kappa shape index (κ1) is 23.1. The first-order valence-electron chi connectivity index (χ1n) is 10.6. The lowest BCUT2D eigenvalue weighted by molar-refractivity contribution is 0.0946. The van der Waals surface area contributed by atoms with Crippen molar-refractivity contribution in [1.82, 2.24) is 15.2 Å². The predicted octanol–water partition coefficient (Wildman–Crippen LogP) is 4.14. The van der Waals surface area contributed by atoms with Crippen molar-refractivity contribution in [2.75, 3.05) is 33.9 Å². The Balaban J connectivity index is 1.58. The summed E-state index contributed by atoms with van der Waals surface area (Å²) in [6.45, 7) is 4.17. The van der Waals surface area contributed by atoms with Gasteiger partial charge < -0.3 is 24.4 Å². The summed E-state index contributed by atoms with van der Waals surface area (Å²) < 4.78 is 17.1. The number of hydrogen-bond acceptors (Lipinski definition) is 6. The summed E-state index contributed by atoms with van der Waals surface area (Å²) in [5.41, 5.74) is 1.38. The van der Waals surface area contributed by atoms with Gasteiger partial charge in [0.2, 0.25) is 5.88 Å². The highest BCUT2D eigenvalue weighted by Crippen LogP contribution is 2.23. The van der Waals surface area contributed by atoms with E-state index in [0.717, 1.165) is 17.9 Å². The summed E-state index contributed by atoms with van der Waals surface area (Å²) in [4.78, 5) is 19.0. The van der Waals surface area contributed by atoms with Gasteiger partial charge >= 0.3 is 0 Å². The molecule has 0 aliphatic carbocycles. The Kier molecular flexibility index (Phi) is 8.45. The SMILES string of the molecule is CCOc1ccc(Oc2cc(CNC(=O)c3ccccc3OCCN(C)C)ccn2)cc1. The maximum Gasteiger partial charge on any atom is 0.255 e. The summed E-state index contributed by atoms with van der Waals surface area (Å²) in [6.07, 6.45) is 1.66. The lowest BCUT2D eigenvalue weighted by Gasteiger charge is -2.14. The molecule has 0 atom stereocenters. The molecule has 7 heteroatoms. The van der Waals surface area contributed by atoms with E-state index in [1.165, 1.54) is 0 Å². The molecule has 0 spiro atoms. The van der Waals surface area contributed by atoms with Crippen LogP contribution in [0.1, 0.15) is 22.8 Å². The second kappa shape index (κ2) is 11.7. The number of ether oxygens (including phenoxy) is 3. The van der Waals surface area contributed by atoms with Crippen molar-refractivity contribution < 1.29 is 19.0 Å². The average molecular weight is 436 g/mol. The van der Waals surface area contributed by atoms with Crippen LogP contribution in [0.3, 0.4) is 0 Å². The van der Waals surface area contributed by atoms with Crippen molar-refractivity contribution in [2.45, 2.75) is 13.5 Å². The Bertz CT molecular complexity index is 1010. The van der Waals surface area contributed by atoms with Gasteiger partial charge in [0.25, 0.3) is 5.91 Å². The minimum Gasteiger partial charge on any atom is -0.494 e. The van der Waals surface area contributed by atoms with Gasteiger partial charge in [0, 0.05) is 25.4 Å². The molecule has 3 aromatic rings. The normalized spacial score (nSPS) is 10.6. The third-order valence-corrected chi connectivity index (χ3v) is 4.54. The van der Waals surface area contributed by atoms with Crippen molar-refractivity contribution in [2.24, 2.45) is 0 Å². The second-order valence-corrected chi connectivity index (χ2v) is 7.34. The molecule has 0 saturated carbocycles. The molecule has 0 radical (unpaired) electrons. The van der Waals surface area contributed by atoms with Crippen LogP contribution in [0, 0.1) is 0 Å². The summed E-state index contributed by atoms with van der Waals surface area (Å²) in [7, 11) is 3.95. The molecular weight excluding hydrogens is 406 g/mol. The zero-order valence-corrected chi connectivity index (χ0v) is 18.7. The smallest absolute Gasteiger partial charge is 0.255 e. The third kappa shape index (κ3) is 6.99. The molecule has 32 heavy (non-hydrogen) atoms. The van der Waals surface area contributed by atoms with E-state index in [0.29, 0.717) is 42.7 Å². The van der Waals surface area contributed by atoms with Gasteiger partial charge in [-0.3, -0.25) is 4.79 Å². The molecule has 0 aliphatic rings. The van der Waals surface area contributed by atoms with E-state index in [1.54, 1.807) is 24.4 Å². The molecule has 2 aromatic carbocycles. The Hall–Kier alpha value is -3.58. The van der Waals surface area contributed by atoms with Crippen molar-refractivity contribution in [3.8, 4) is 23.1 Å². The minimum absolute atomic E-state index is 0.198. The van der Waals surface area contributed by atoms with Gasteiger partial charge in [0.05, 0.1) is 12.2 Å². The summed E-state index contributed by atoms with van der Waals surface area (Å²) in [5, 5.41) is 2.94. The number of carbonyl (C=O) groups excluding carboxylic acids is 1. The number of pyridine rings is 1. The van der Waals surface area contributed by atoms with Gasteiger partial charge in [0.1, 0.15) is 23.9 Å². The monoisotopic (exact) mass is 435 g/mol. The number of nitrogens with zero attached hydrogens (tertiary/aromatic N) is 2. The lowest BCUT2D eigenvalue weighted by atomic mass is 10.2. The number of nitrogens with one attached hydrogen (secondary N) is 1. The molecular formula is C25H29N3O4. The molecule has 1 aromatic heterocycles. The highest BCUT2D eigenvalue weighted by Gasteiger charge is 2.12. The standard InChI is InChI=1S/C25H29N3O4/c1-4-30-20-9-11-21(12-10-20)32-24-17-19(13-14-26-24)18-27-25(29)22-7-5-6-8-23(22)31-16-15-28(2)3/h5-14,17H,4,15-16,18H2,1-3H3,(H,27,29). The lowest BCUT2D eigenvalue weighted by Crippen LogP contribution is -2.24. The van der Waals surface area contributed by atoms with Crippen molar-refractivity contribution in [1.29, 1.82) is 0 Å². The van der Waals surface area contributed by atoms with Gasteiger partial charge in [-0.1, -0.05) is 12.1 Å². The van der Waals surface area contributed by atoms with Crippen LogP contribution in [0.5, 0.6) is 23.1 Å². The first-order chi connectivity index (χ1) is 15.5. The highest BCUT2D eigenvalue weighted by atomic mass is 16.5. The predicted molar refractivity (Wildman–Crippen MR) is 124 cm³/mol. The van der Waals surface area contributed by atoms with E-state index in [-0.39, 0.29) is 5.91 Å². The van der Waals surface area contributed by atoms with Gasteiger partial charge in [-0.15, -0.1) is 0 Å². The number of likely N-dealkylation sites (N-methyl/N-ethyl adjacent to an activating group) is 1. The molecule has 1 heterocycles. The van der Waals surface area contributed by atoms with E-state index >= 15 is 0 Å². The van der Waals surface area contributed by atoms with Crippen LogP contribution >= 0.6 is 0 Å². The summed E-state index contributed by atoms with van der Waals surface area (Å²) in [5.74, 6) is 2.27. The fraction of sp³-hybridized carbons (Fsp3) is 0.280. The molecule has 168 valence electrons. The molecule has 0 aliphatic heterocycles. The Morgan fingerprint density at radius 2 is 1.75 bits per heavy atom. The summed E-state index contributed by atoms with van der Waals surface area (Å²) >= 11 is 0. The maximum atomic E-state index is 12.7. The van der Waals surface area contributed by atoms with Gasteiger partial charge in [-0.25, -0.2) is 4.98 Å². The molecule has 0 bridgehead atoms. The number of rotatable bonds is 11. The van der Waals surface area contributed by atoms with Gasteiger partial charge in [-0.2, -0.15) is 0 Å². The Labute approximate surface area is 188 Å². The summed E-state index contributed by atoms with van der Waals surface area (Å²) in [6, 6.07) is 18.2. The van der Waals surface area contributed by atoms with Crippen molar-refractivity contribution in [3.63, 3.8) is 0 Å². The van der Waals surface area contributed by atoms with E-state index in [9.17, 15) is 4.79 Å². The second-order valence-electron chi connectivity index (χ2n) is 7.34. The van der Waals surface area contributed by atoms with Crippen LogP contribution in [0.25, 0.3) is 0 Å². The number of hydrogen-bond donors (Lipinski definition) is 1. The van der Waals surface area contributed by atoms with Crippen LogP contribution in [-0.4, -0.2) is 49.6 Å². The van der Waals surface area contributed by atoms with Crippen LogP contribution in [0.15, 0.2) is 66.9 Å². The number of aromatic nitrogens is 1. The quantitative estimate of drug-likeness (QED) is 0.488. The van der Waals surface area contributed by atoms with E-state index in [4.69, 9.17) is 14.2 Å². The van der Waals surface area contributed by atoms with E-state index in [2.05, 4.69) is 10.3 Å². The number of carbonyl (C=O) groups is 1. The average Bonchev–Trinajstić information content (AvgIpc) is 2.79. The molecule has 3 rings (SSSR count). The van der Waals surface area contributed by atoms with Crippen LogP contribution in [-0.2, 0) is 6.54 Å². The maximum absolute atomic E-state index is 12.7. The zero-order valence-electron chi connectivity index (χ0n) is 18.7. The number of amides is 1. The fourth-order valence-electron chi connectivity index (χ4n) is 2.90. The topological polar surface area (TPSA) is 72.9 Å². The van der Waals surface area contributed by atoms with Gasteiger partial charge in [-0.05, 0) is 69.0 Å². The first-order valence-corrected chi connectivity index (χ1v) is 10.6. The van der Waals surface area contributed by atoms with Crippen LogP contribution in [0.4, 0.5) is 0 Å². The van der Waals surface area contributed by atoms with Crippen LogP contribution < -0.4 is 19.5 Å². The molecule has 0 fully saturated rings. The Morgan fingerprint density at radius 1 is 1.00 bits per heavy atom. The van der Waals surface area contributed by atoms with E-state index in [1.807, 2.05) is 68.4 Å². The number of benzene rings is 2. The van der Waals surface area contributed by atoms with Gasteiger partial charge in [0.15, 0.2) is 0 Å². The molecule has 7 nitrogen and oxygen atoms in total. The molecule has 0 unspecified atom stereocenters. The largest absolute Gasteiger partial charge is 0.494 e. The highest BCUT2D eigenvalue weighted by molar-refractivity contribution is 5.96. The van der Waals surface area contributed by atoms with Crippen molar-refractivity contribution in [3.05, 3.63) is 78.0 Å². The fourth-order valence-corrected chi connectivity index (χ4v) is 2.90. The third-order valence-electron chi connectivity index (χ3n) is 4.54.